The summed E-state index contributed by atoms with van der Waals surface area (Å²) < 4.78 is 1.76. The van der Waals surface area contributed by atoms with Gasteiger partial charge in [-0.1, -0.05) is 36.4 Å². The number of thiophene rings is 1. The molecule has 0 spiro atoms. The highest BCUT2D eigenvalue weighted by atomic mass is 32.1. The summed E-state index contributed by atoms with van der Waals surface area (Å²) in [5.74, 6) is -0.111. The van der Waals surface area contributed by atoms with E-state index >= 15 is 0 Å². The Labute approximate surface area is 153 Å². The summed E-state index contributed by atoms with van der Waals surface area (Å²) >= 11 is 1.36. The van der Waals surface area contributed by atoms with Crippen LogP contribution in [0.2, 0.25) is 0 Å². The average Bonchev–Trinajstić information content (AvgIpc) is 3.16. The number of anilines is 1. The van der Waals surface area contributed by atoms with E-state index in [0.717, 1.165) is 37.7 Å². The van der Waals surface area contributed by atoms with Gasteiger partial charge in [0.25, 0.3) is 5.91 Å². The molecule has 0 atom stereocenters. The van der Waals surface area contributed by atoms with Gasteiger partial charge in [-0.25, -0.2) is 4.98 Å². The zero-order valence-electron chi connectivity index (χ0n) is 14.1. The van der Waals surface area contributed by atoms with Crippen LogP contribution in [-0.2, 0) is 0 Å². The molecule has 5 rings (SSSR count). The standard InChI is InChI=1S/C21H15N3OS/c1-12-10-11-15-18(22)19(26-20(15)23-12)21(25)24-16-8-4-2-6-13(16)14-7-3-5-9-17(14)24/h2-11H,22H2,1H3. The third-order valence-electron chi connectivity index (χ3n) is 4.71. The maximum atomic E-state index is 13.5. The van der Waals surface area contributed by atoms with Crippen molar-refractivity contribution in [1.82, 2.24) is 9.55 Å². The van der Waals surface area contributed by atoms with Crippen LogP contribution in [0.3, 0.4) is 0 Å². The van der Waals surface area contributed by atoms with Crippen molar-refractivity contribution in [2.24, 2.45) is 0 Å². The zero-order chi connectivity index (χ0) is 17.8. The summed E-state index contributed by atoms with van der Waals surface area (Å²) in [6.45, 7) is 1.93. The number of aryl methyl sites for hydroxylation is 1. The lowest BCUT2D eigenvalue weighted by Gasteiger charge is -2.05. The summed E-state index contributed by atoms with van der Waals surface area (Å²) in [6, 6.07) is 19.8. The second kappa shape index (κ2) is 5.41. The summed E-state index contributed by atoms with van der Waals surface area (Å²) in [6.07, 6.45) is 0. The highest BCUT2D eigenvalue weighted by Crippen LogP contribution is 2.36. The summed E-state index contributed by atoms with van der Waals surface area (Å²) in [4.78, 5) is 19.3. The van der Waals surface area contributed by atoms with E-state index in [9.17, 15) is 4.79 Å². The van der Waals surface area contributed by atoms with Gasteiger partial charge in [-0.2, -0.15) is 0 Å². The number of nitrogens with zero attached hydrogens (tertiary/aromatic N) is 2. The number of hydrogen-bond acceptors (Lipinski definition) is 4. The van der Waals surface area contributed by atoms with Gasteiger partial charge in [0.15, 0.2) is 0 Å². The van der Waals surface area contributed by atoms with Crippen molar-refractivity contribution in [3.8, 4) is 0 Å². The molecule has 126 valence electrons. The number of nitrogen functional groups attached to an aromatic ring is 1. The van der Waals surface area contributed by atoms with Gasteiger partial charge in [0.05, 0.1) is 16.7 Å². The number of rotatable bonds is 1. The first kappa shape index (κ1) is 15.1. The fourth-order valence-corrected chi connectivity index (χ4v) is 4.56. The number of carbonyl (C=O) groups is 1. The SMILES string of the molecule is Cc1ccc2c(N)c(C(=O)n3c4ccccc4c4ccccc43)sc2n1. The first-order valence-electron chi connectivity index (χ1n) is 8.33. The molecule has 0 fully saturated rings. The van der Waals surface area contributed by atoms with Crippen molar-refractivity contribution in [3.05, 3.63) is 71.2 Å². The highest BCUT2D eigenvalue weighted by Gasteiger charge is 2.22. The number of aromatic nitrogens is 2. The van der Waals surface area contributed by atoms with Crippen LogP contribution in [0.4, 0.5) is 5.69 Å². The van der Waals surface area contributed by atoms with Crippen LogP contribution in [0, 0.1) is 6.92 Å². The second-order valence-corrected chi connectivity index (χ2v) is 7.32. The van der Waals surface area contributed by atoms with Crippen LogP contribution in [0.1, 0.15) is 15.4 Å². The molecule has 0 saturated carbocycles. The molecule has 0 saturated heterocycles. The van der Waals surface area contributed by atoms with Crippen LogP contribution in [0.25, 0.3) is 32.0 Å². The van der Waals surface area contributed by atoms with Crippen LogP contribution >= 0.6 is 11.3 Å². The number of fused-ring (bicyclic) bond motifs is 4. The van der Waals surface area contributed by atoms with E-state index in [2.05, 4.69) is 4.98 Å². The van der Waals surface area contributed by atoms with Crippen LogP contribution in [0.15, 0.2) is 60.7 Å². The molecular weight excluding hydrogens is 342 g/mol. The monoisotopic (exact) mass is 357 g/mol. The molecule has 0 unspecified atom stereocenters. The van der Waals surface area contributed by atoms with Crippen molar-refractivity contribution < 1.29 is 4.79 Å². The molecule has 5 aromatic rings. The van der Waals surface area contributed by atoms with Gasteiger partial charge in [0.2, 0.25) is 0 Å². The molecule has 0 radical (unpaired) electrons. The number of para-hydroxylation sites is 2. The molecule has 2 N–H and O–H groups in total. The molecule has 3 heterocycles. The number of hydrogen-bond donors (Lipinski definition) is 1. The summed E-state index contributed by atoms with van der Waals surface area (Å²) in [7, 11) is 0. The Bertz CT molecular complexity index is 1280. The Balaban J connectivity index is 1.83. The Morgan fingerprint density at radius 2 is 1.54 bits per heavy atom. The fourth-order valence-electron chi connectivity index (χ4n) is 3.49. The van der Waals surface area contributed by atoms with E-state index in [0.29, 0.717) is 10.6 Å². The lowest BCUT2D eigenvalue weighted by Crippen LogP contribution is -2.11. The number of carbonyl (C=O) groups excluding carboxylic acids is 1. The normalized spacial score (nSPS) is 11.6. The molecule has 0 aliphatic heterocycles. The first-order chi connectivity index (χ1) is 12.6. The number of nitrogens with two attached hydrogens (primary N) is 1. The van der Waals surface area contributed by atoms with E-state index in [1.165, 1.54) is 11.3 Å². The van der Waals surface area contributed by atoms with E-state index in [1.807, 2.05) is 67.6 Å². The lowest BCUT2D eigenvalue weighted by atomic mass is 10.2. The van der Waals surface area contributed by atoms with Crippen molar-refractivity contribution >= 4 is 55.0 Å². The minimum Gasteiger partial charge on any atom is -0.397 e. The molecule has 0 aliphatic rings. The molecule has 5 heteroatoms. The van der Waals surface area contributed by atoms with Gasteiger partial charge in [-0.3, -0.25) is 9.36 Å². The third kappa shape index (κ3) is 2.01. The van der Waals surface area contributed by atoms with Crippen molar-refractivity contribution in [3.63, 3.8) is 0 Å². The molecule has 0 bridgehead atoms. The van der Waals surface area contributed by atoms with E-state index in [4.69, 9.17) is 5.73 Å². The van der Waals surface area contributed by atoms with Gasteiger partial charge in [0.1, 0.15) is 9.71 Å². The average molecular weight is 357 g/mol. The van der Waals surface area contributed by atoms with Gasteiger partial charge < -0.3 is 5.73 Å². The maximum absolute atomic E-state index is 13.5. The van der Waals surface area contributed by atoms with Crippen molar-refractivity contribution in [1.29, 1.82) is 0 Å². The van der Waals surface area contributed by atoms with Gasteiger partial charge in [0, 0.05) is 21.9 Å². The van der Waals surface area contributed by atoms with Crippen molar-refractivity contribution in [2.75, 3.05) is 5.73 Å². The predicted octanol–water partition coefficient (Wildman–Crippen LogP) is 4.98. The maximum Gasteiger partial charge on any atom is 0.275 e. The molecule has 4 nitrogen and oxygen atoms in total. The van der Waals surface area contributed by atoms with E-state index < -0.39 is 0 Å². The molecule has 2 aromatic carbocycles. The minimum atomic E-state index is -0.111. The van der Waals surface area contributed by atoms with Gasteiger partial charge >= 0.3 is 0 Å². The molecule has 0 aliphatic carbocycles. The van der Waals surface area contributed by atoms with Crippen LogP contribution in [-0.4, -0.2) is 15.5 Å². The summed E-state index contributed by atoms with van der Waals surface area (Å²) in [5, 5.41) is 2.96. The number of pyridine rings is 1. The zero-order valence-corrected chi connectivity index (χ0v) is 14.9. The first-order valence-corrected chi connectivity index (χ1v) is 9.15. The van der Waals surface area contributed by atoms with Gasteiger partial charge in [-0.15, -0.1) is 11.3 Å². The van der Waals surface area contributed by atoms with Crippen LogP contribution < -0.4 is 5.73 Å². The van der Waals surface area contributed by atoms with E-state index in [1.54, 1.807) is 4.57 Å². The highest BCUT2D eigenvalue weighted by molar-refractivity contribution is 7.21. The quantitative estimate of drug-likeness (QED) is 0.460. The molecule has 26 heavy (non-hydrogen) atoms. The Morgan fingerprint density at radius 3 is 2.19 bits per heavy atom. The van der Waals surface area contributed by atoms with E-state index in [-0.39, 0.29) is 5.91 Å². The minimum absolute atomic E-state index is 0.111. The van der Waals surface area contributed by atoms with Crippen LogP contribution in [0.5, 0.6) is 0 Å². The molecule has 3 aromatic heterocycles. The summed E-state index contributed by atoms with van der Waals surface area (Å²) in [5.41, 5.74) is 9.51. The predicted molar refractivity (Wildman–Crippen MR) is 108 cm³/mol. The Hall–Kier alpha value is -3.18. The number of benzene rings is 2. The molecule has 0 amide bonds. The lowest BCUT2D eigenvalue weighted by molar-refractivity contribution is 0.0974. The van der Waals surface area contributed by atoms with Gasteiger partial charge in [-0.05, 0) is 31.2 Å². The van der Waals surface area contributed by atoms with Crippen molar-refractivity contribution in [2.45, 2.75) is 6.92 Å². The fraction of sp³-hybridized carbons (Fsp3) is 0.0476. The topological polar surface area (TPSA) is 60.9 Å². The Kier molecular flexibility index (Phi) is 3.14. The Morgan fingerprint density at radius 1 is 0.923 bits per heavy atom. The second-order valence-electron chi connectivity index (χ2n) is 6.33. The third-order valence-corrected chi connectivity index (χ3v) is 5.81. The molecular formula is C21H15N3OS. The largest absolute Gasteiger partial charge is 0.397 e. The smallest absolute Gasteiger partial charge is 0.275 e.